The first-order valence-corrected chi connectivity index (χ1v) is 9.92. The van der Waals surface area contributed by atoms with Crippen LogP contribution in [-0.2, 0) is 9.59 Å². The molecular formula is C20H28ClN3O2. The molecule has 2 aliphatic heterocycles. The van der Waals surface area contributed by atoms with Crippen LogP contribution in [0.2, 0.25) is 5.02 Å². The first kappa shape index (κ1) is 19.2. The largest absolute Gasteiger partial charge is 0.354 e. The van der Waals surface area contributed by atoms with Crippen LogP contribution in [0.4, 0.5) is 5.69 Å². The number of amides is 2. The Morgan fingerprint density at radius 1 is 1.19 bits per heavy atom. The van der Waals surface area contributed by atoms with Crippen molar-refractivity contribution in [3.05, 3.63) is 29.3 Å². The van der Waals surface area contributed by atoms with Gasteiger partial charge >= 0.3 is 0 Å². The number of carbonyl (C=O) groups excluding carboxylic acids is 2. The van der Waals surface area contributed by atoms with Gasteiger partial charge in [-0.2, -0.15) is 0 Å². The van der Waals surface area contributed by atoms with E-state index in [0.29, 0.717) is 30.6 Å². The van der Waals surface area contributed by atoms with Crippen LogP contribution in [0.3, 0.4) is 0 Å². The maximum atomic E-state index is 12.6. The molecule has 26 heavy (non-hydrogen) atoms. The predicted molar refractivity (Wildman–Crippen MR) is 104 cm³/mol. The molecule has 0 radical (unpaired) electrons. The van der Waals surface area contributed by atoms with E-state index in [2.05, 4.69) is 24.1 Å². The minimum Gasteiger partial charge on any atom is -0.354 e. The smallest absolute Gasteiger partial charge is 0.239 e. The fourth-order valence-electron chi connectivity index (χ4n) is 3.77. The maximum Gasteiger partial charge on any atom is 0.239 e. The first-order valence-electron chi connectivity index (χ1n) is 9.54. The van der Waals surface area contributed by atoms with Gasteiger partial charge in [-0.15, -0.1) is 0 Å². The third kappa shape index (κ3) is 4.38. The van der Waals surface area contributed by atoms with Crippen LogP contribution in [0.15, 0.2) is 24.3 Å². The van der Waals surface area contributed by atoms with Crippen LogP contribution in [0, 0.1) is 11.8 Å². The molecule has 1 N–H and O–H groups in total. The second kappa shape index (κ2) is 8.40. The van der Waals surface area contributed by atoms with E-state index >= 15 is 0 Å². The minimum absolute atomic E-state index is 0.121. The summed E-state index contributed by atoms with van der Waals surface area (Å²) in [7, 11) is 0. The van der Waals surface area contributed by atoms with Gasteiger partial charge in [-0.1, -0.05) is 18.5 Å². The van der Waals surface area contributed by atoms with Gasteiger partial charge in [0, 0.05) is 29.8 Å². The average molecular weight is 378 g/mol. The minimum atomic E-state index is -0.584. The van der Waals surface area contributed by atoms with Crippen LogP contribution in [0.5, 0.6) is 0 Å². The Hall–Kier alpha value is -1.59. The van der Waals surface area contributed by atoms with Crippen molar-refractivity contribution < 1.29 is 9.59 Å². The molecule has 1 aromatic rings. The van der Waals surface area contributed by atoms with E-state index in [1.165, 1.54) is 12.8 Å². The molecule has 2 aliphatic rings. The lowest BCUT2D eigenvalue weighted by molar-refractivity contribution is -0.132. The van der Waals surface area contributed by atoms with Crippen LogP contribution < -0.4 is 10.2 Å². The van der Waals surface area contributed by atoms with Crippen molar-refractivity contribution in [1.29, 1.82) is 0 Å². The van der Waals surface area contributed by atoms with Crippen molar-refractivity contribution in [3.8, 4) is 0 Å². The Bertz CT molecular complexity index is 641. The molecule has 2 fully saturated rings. The summed E-state index contributed by atoms with van der Waals surface area (Å²) < 4.78 is 0. The zero-order valence-corrected chi connectivity index (χ0v) is 16.3. The predicted octanol–water partition coefficient (Wildman–Crippen LogP) is 2.93. The van der Waals surface area contributed by atoms with Gasteiger partial charge in [0.25, 0.3) is 0 Å². The fraction of sp³-hybridized carbons (Fsp3) is 0.600. The number of likely N-dealkylation sites (tertiary alicyclic amines) is 1. The standard InChI is InChI=1S/C20H28ClN3O2/c1-14-7-10-23(11-8-14)15(2)13-22-19(25)18-9-12-24(20(18)26)17-5-3-16(21)4-6-17/h3-6,14-15,18H,7-13H2,1-2H3,(H,22,25)/t15-,18-/m1/s1. The van der Waals surface area contributed by atoms with Crippen molar-refractivity contribution in [3.63, 3.8) is 0 Å². The molecular weight excluding hydrogens is 350 g/mol. The molecule has 0 spiro atoms. The van der Waals surface area contributed by atoms with Crippen LogP contribution in [0.25, 0.3) is 0 Å². The number of nitrogens with zero attached hydrogens (tertiary/aromatic N) is 2. The van der Waals surface area contributed by atoms with Crippen LogP contribution >= 0.6 is 11.6 Å². The van der Waals surface area contributed by atoms with Gasteiger partial charge in [-0.05, 0) is 69.5 Å². The van der Waals surface area contributed by atoms with E-state index in [9.17, 15) is 9.59 Å². The summed E-state index contributed by atoms with van der Waals surface area (Å²) in [6.07, 6.45) is 2.99. The highest BCUT2D eigenvalue weighted by Gasteiger charge is 2.37. The topological polar surface area (TPSA) is 52.7 Å². The molecule has 2 saturated heterocycles. The number of carbonyl (C=O) groups is 2. The number of halogens is 1. The lowest BCUT2D eigenvalue weighted by Gasteiger charge is -2.35. The van der Waals surface area contributed by atoms with Gasteiger partial charge in [0.1, 0.15) is 5.92 Å². The van der Waals surface area contributed by atoms with Gasteiger partial charge in [0.2, 0.25) is 11.8 Å². The molecule has 1 aromatic carbocycles. The SMILES string of the molecule is CC1CCN([C@H](C)CNC(=O)[C@H]2CCN(c3ccc(Cl)cc3)C2=O)CC1. The number of nitrogens with one attached hydrogen (secondary N) is 1. The Labute approximate surface area is 160 Å². The normalized spacial score (nSPS) is 23.3. The first-order chi connectivity index (χ1) is 12.5. The molecule has 3 rings (SSSR count). The molecule has 2 amide bonds. The number of benzene rings is 1. The van der Waals surface area contributed by atoms with Crippen LogP contribution in [-0.4, -0.2) is 48.9 Å². The molecule has 2 atom stereocenters. The van der Waals surface area contributed by atoms with Gasteiger partial charge < -0.3 is 10.2 Å². The number of hydrogen-bond acceptors (Lipinski definition) is 3. The number of hydrogen-bond donors (Lipinski definition) is 1. The molecule has 142 valence electrons. The third-order valence-electron chi connectivity index (χ3n) is 5.67. The second-order valence-electron chi connectivity index (χ2n) is 7.62. The highest BCUT2D eigenvalue weighted by molar-refractivity contribution is 6.30. The molecule has 0 saturated carbocycles. The zero-order chi connectivity index (χ0) is 18.7. The summed E-state index contributed by atoms with van der Waals surface area (Å²) in [5.41, 5.74) is 0.797. The van der Waals surface area contributed by atoms with E-state index in [1.54, 1.807) is 17.0 Å². The molecule has 0 aromatic heterocycles. The average Bonchev–Trinajstić information content (AvgIpc) is 3.02. The lowest BCUT2D eigenvalue weighted by Crippen LogP contribution is -2.47. The molecule has 0 unspecified atom stereocenters. The van der Waals surface area contributed by atoms with Gasteiger partial charge in [0.05, 0.1) is 0 Å². The molecule has 5 nitrogen and oxygen atoms in total. The number of piperidine rings is 1. The van der Waals surface area contributed by atoms with Gasteiger partial charge in [-0.25, -0.2) is 0 Å². The van der Waals surface area contributed by atoms with E-state index in [-0.39, 0.29) is 11.8 Å². The Morgan fingerprint density at radius 2 is 1.85 bits per heavy atom. The van der Waals surface area contributed by atoms with E-state index in [0.717, 1.165) is 24.7 Å². The molecule has 2 heterocycles. The summed E-state index contributed by atoms with van der Waals surface area (Å²) in [5.74, 6) is -0.0600. The second-order valence-corrected chi connectivity index (χ2v) is 8.06. The van der Waals surface area contributed by atoms with Crippen molar-refractivity contribution in [2.75, 3.05) is 31.1 Å². The lowest BCUT2D eigenvalue weighted by atomic mass is 9.98. The Morgan fingerprint density at radius 3 is 2.50 bits per heavy atom. The van der Waals surface area contributed by atoms with Crippen molar-refractivity contribution in [2.24, 2.45) is 11.8 Å². The number of rotatable bonds is 5. The molecule has 0 aliphatic carbocycles. The molecule has 6 heteroatoms. The summed E-state index contributed by atoms with van der Waals surface area (Å²) in [6, 6.07) is 7.47. The van der Waals surface area contributed by atoms with Gasteiger partial charge in [0.15, 0.2) is 0 Å². The molecule has 0 bridgehead atoms. The monoisotopic (exact) mass is 377 g/mol. The van der Waals surface area contributed by atoms with Crippen molar-refractivity contribution in [2.45, 2.75) is 39.2 Å². The summed E-state index contributed by atoms with van der Waals surface area (Å²) >= 11 is 5.91. The van der Waals surface area contributed by atoms with E-state index in [4.69, 9.17) is 11.6 Å². The summed E-state index contributed by atoms with van der Waals surface area (Å²) in [4.78, 5) is 29.3. The fourth-order valence-corrected chi connectivity index (χ4v) is 3.90. The number of anilines is 1. The van der Waals surface area contributed by atoms with Crippen LogP contribution in [0.1, 0.15) is 33.1 Å². The third-order valence-corrected chi connectivity index (χ3v) is 5.93. The summed E-state index contributed by atoms with van der Waals surface area (Å²) in [6.45, 7) is 7.78. The highest BCUT2D eigenvalue weighted by Crippen LogP contribution is 2.26. The Kier molecular flexibility index (Phi) is 6.20. The Balaban J connectivity index is 1.50. The summed E-state index contributed by atoms with van der Waals surface area (Å²) in [5, 5.41) is 3.63. The zero-order valence-electron chi connectivity index (χ0n) is 15.6. The van der Waals surface area contributed by atoms with Crippen molar-refractivity contribution in [1.82, 2.24) is 10.2 Å². The highest BCUT2D eigenvalue weighted by atomic mass is 35.5. The quantitative estimate of drug-likeness (QED) is 0.803. The van der Waals surface area contributed by atoms with E-state index < -0.39 is 5.92 Å². The van der Waals surface area contributed by atoms with E-state index in [1.807, 2.05) is 12.1 Å². The van der Waals surface area contributed by atoms with Crippen molar-refractivity contribution >= 4 is 29.1 Å². The van der Waals surface area contributed by atoms with Gasteiger partial charge in [-0.3, -0.25) is 14.5 Å². The maximum absolute atomic E-state index is 12.6.